The summed E-state index contributed by atoms with van der Waals surface area (Å²) >= 11 is 0. The molecule has 0 atom stereocenters. The minimum atomic E-state index is -0.0657. The summed E-state index contributed by atoms with van der Waals surface area (Å²) in [7, 11) is 1.63. The van der Waals surface area contributed by atoms with Gasteiger partial charge in [0, 0.05) is 30.7 Å². The van der Waals surface area contributed by atoms with Gasteiger partial charge in [0.2, 0.25) is 0 Å². The highest BCUT2D eigenvalue weighted by Gasteiger charge is 2.03. The number of carbonyl (C=O) groups is 1. The van der Waals surface area contributed by atoms with Crippen LogP contribution in [-0.4, -0.2) is 17.5 Å². The lowest BCUT2D eigenvalue weighted by Gasteiger charge is -2.05. The summed E-state index contributed by atoms with van der Waals surface area (Å²) in [5.41, 5.74) is 1.66. The topological polar surface area (TPSA) is 34.0 Å². The minimum absolute atomic E-state index is 0.0657. The van der Waals surface area contributed by atoms with Crippen LogP contribution in [0.3, 0.4) is 0 Å². The van der Waals surface area contributed by atoms with Crippen molar-refractivity contribution in [2.45, 2.75) is 0 Å². The number of hydrogen-bond acceptors (Lipinski definition) is 1. The van der Waals surface area contributed by atoms with Gasteiger partial charge in [-0.2, -0.15) is 0 Å². The molecule has 0 saturated carbocycles. The quantitative estimate of drug-likeness (QED) is 0.788. The highest BCUT2D eigenvalue weighted by molar-refractivity contribution is 5.94. The fourth-order valence-electron chi connectivity index (χ4n) is 1.46. The van der Waals surface area contributed by atoms with E-state index in [-0.39, 0.29) is 5.91 Å². The third kappa shape index (κ3) is 1.91. The van der Waals surface area contributed by atoms with E-state index in [2.05, 4.69) is 5.32 Å². The van der Waals surface area contributed by atoms with Gasteiger partial charge in [0.05, 0.1) is 0 Å². The molecule has 0 bridgehead atoms. The molecule has 76 valence electrons. The van der Waals surface area contributed by atoms with E-state index in [1.807, 2.05) is 47.3 Å². The lowest BCUT2D eigenvalue weighted by Crippen LogP contribution is -2.17. The Bertz CT molecular complexity index is 460. The summed E-state index contributed by atoms with van der Waals surface area (Å²) in [5.74, 6) is -0.0657. The Morgan fingerprint density at radius 2 is 1.93 bits per heavy atom. The van der Waals surface area contributed by atoms with Crippen LogP contribution in [-0.2, 0) is 0 Å². The maximum absolute atomic E-state index is 11.4. The van der Waals surface area contributed by atoms with Crippen molar-refractivity contribution in [2.24, 2.45) is 0 Å². The van der Waals surface area contributed by atoms with Crippen LogP contribution in [0.2, 0.25) is 0 Å². The first-order chi connectivity index (χ1) is 7.31. The molecule has 1 N–H and O–H groups in total. The zero-order valence-corrected chi connectivity index (χ0v) is 8.47. The van der Waals surface area contributed by atoms with Gasteiger partial charge in [0.25, 0.3) is 5.91 Å². The van der Waals surface area contributed by atoms with Gasteiger partial charge in [-0.05, 0) is 30.3 Å². The Labute approximate surface area is 88.3 Å². The van der Waals surface area contributed by atoms with E-state index in [4.69, 9.17) is 0 Å². The van der Waals surface area contributed by atoms with Crippen molar-refractivity contribution >= 4 is 5.91 Å². The minimum Gasteiger partial charge on any atom is -0.355 e. The zero-order chi connectivity index (χ0) is 10.7. The van der Waals surface area contributed by atoms with Gasteiger partial charge in [-0.3, -0.25) is 4.79 Å². The highest BCUT2D eigenvalue weighted by atomic mass is 16.1. The molecule has 0 spiro atoms. The lowest BCUT2D eigenvalue weighted by atomic mass is 10.2. The van der Waals surface area contributed by atoms with Gasteiger partial charge in [-0.1, -0.05) is 6.07 Å². The summed E-state index contributed by atoms with van der Waals surface area (Å²) in [6, 6.07) is 11.4. The lowest BCUT2D eigenvalue weighted by molar-refractivity contribution is 0.0963. The van der Waals surface area contributed by atoms with E-state index in [0.717, 1.165) is 5.69 Å². The van der Waals surface area contributed by atoms with E-state index in [1.54, 1.807) is 13.1 Å². The van der Waals surface area contributed by atoms with Crippen molar-refractivity contribution in [3.8, 4) is 5.69 Å². The Kier molecular flexibility index (Phi) is 2.54. The zero-order valence-electron chi connectivity index (χ0n) is 8.47. The molecule has 0 aliphatic rings. The average Bonchev–Trinajstić information content (AvgIpc) is 2.82. The number of nitrogens with one attached hydrogen (secondary N) is 1. The molecule has 0 aliphatic heterocycles. The van der Waals surface area contributed by atoms with E-state index in [0.29, 0.717) is 5.56 Å². The van der Waals surface area contributed by atoms with Crippen LogP contribution in [0.4, 0.5) is 0 Å². The molecule has 0 saturated heterocycles. The molecular formula is C12H12N2O. The van der Waals surface area contributed by atoms with Gasteiger partial charge in [-0.25, -0.2) is 0 Å². The molecule has 1 heterocycles. The first-order valence-corrected chi connectivity index (χ1v) is 4.77. The van der Waals surface area contributed by atoms with Crippen molar-refractivity contribution < 1.29 is 4.79 Å². The summed E-state index contributed by atoms with van der Waals surface area (Å²) in [6.45, 7) is 0. The number of aromatic nitrogens is 1. The fraction of sp³-hybridized carbons (Fsp3) is 0.0833. The molecule has 3 nitrogen and oxygen atoms in total. The second-order valence-corrected chi connectivity index (χ2v) is 3.22. The van der Waals surface area contributed by atoms with Crippen molar-refractivity contribution in [2.75, 3.05) is 7.05 Å². The summed E-state index contributed by atoms with van der Waals surface area (Å²) in [6.07, 6.45) is 3.89. The molecular weight excluding hydrogens is 188 g/mol. The third-order valence-corrected chi connectivity index (χ3v) is 2.24. The summed E-state index contributed by atoms with van der Waals surface area (Å²) in [5, 5.41) is 2.61. The molecule has 0 aliphatic carbocycles. The van der Waals surface area contributed by atoms with Crippen molar-refractivity contribution in [1.29, 1.82) is 0 Å². The molecule has 15 heavy (non-hydrogen) atoms. The highest BCUT2D eigenvalue weighted by Crippen LogP contribution is 2.10. The number of carbonyl (C=O) groups excluding carboxylic acids is 1. The van der Waals surface area contributed by atoms with Crippen molar-refractivity contribution in [3.05, 3.63) is 54.4 Å². The number of nitrogens with zero attached hydrogens (tertiary/aromatic N) is 1. The molecule has 1 aromatic carbocycles. The maximum Gasteiger partial charge on any atom is 0.251 e. The molecule has 0 fully saturated rings. The number of benzene rings is 1. The van der Waals surface area contributed by atoms with Crippen LogP contribution < -0.4 is 5.32 Å². The first kappa shape index (κ1) is 9.52. The predicted octanol–water partition coefficient (Wildman–Crippen LogP) is 1.84. The molecule has 1 amide bonds. The Morgan fingerprint density at radius 3 is 2.60 bits per heavy atom. The fourth-order valence-corrected chi connectivity index (χ4v) is 1.46. The molecule has 0 radical (unpaired) electrons. The number of rotatable bonds is 2. The van der Waals surface area contributed by atoms with E-state index in [1.165, 1.54) is 0 Å². The molecule has 0 unspecified atom stereocenters. The molecule has 2 rings (SSSR count). The monoisotopic (exact) mass is 200 g/mol. The van der Waals surface area contributed by atoms with Crippen LogP contribution >= 0.6 is 0 Å². The van der Waals surface area contributed by atoms with Gasteiger partial charge >= 0.3 is 0 Å². The predicted molar refractivity (Wildman–Crippen MR) is 59.2 cm³/mol. The van der Waals surface area contributed by atoms with Crippen LogP contribution in [0.5, 0.6) is 0 Å². The Balaban J connectivity index is 2.39. The summed E-state index contributed by atoms with van der Waals surface area (Å²) < 4.78 is 1.96. The summed E-state index contributed by atoms with van der Waals surface area (Å²) in [4.78, 5) is 11.4. The normalized spacial score (nSPS) is 9.93. The molecule has 1 aromatic heterocycles. The van der Waals surface area contributed by atoms with Crippen LogP contribution in [0.25, 0.3) is 5.69 Å². The Morgan fingerprint density at radius 1 is 1.20 bits per heavy atom. The maximum atomic E-state index is 11.4. The second-order valence-electron chi connectivity index (χ2n) is 3.22. The van der Waals surface area contributed by atoms with E-state index >= 15 is 0 Å². The van der Waals surface area contributed by atoms with Crippen LogP contribution in [0.15, 0.2) is 48.8 Å². The molecule has 3 heteroatoms. The third-order valence-electron chi connectivity index (χ3n) is 2.24. The first-order valence-electron chi connectivity index (χ1n) is 4.77. The van der Waals surface area contributed by atoms with E-state index < -0.39 is 0 Å². The SMILES string of the molecule is CNC(=O)c1cccc(-n2cccc2)c1. The number of hydrogen-bond donors (Lipinski definition) is 1. The standard InChI is InChI=1S/C12H12N2O/c1-13-12(15)10-5-4-6-11(9-10)14-7-2-3-8-14/h2-9H,1H3,(H,13,15). The van der Waals surface area contributed by atoms with Crippen molar-refractivity contribution in [3.63, 3.8) is 0 Å². The van der Waals surface area contributed by atoms with Crippen molar-refractivity contribution in [1.82, 2.24) is 9.88 Å². The van der Waals surface area contributed by atoms with Crippen LogP contribution in [0, 0.1) is 0 Å². The molecule has 2 aromatic rings. The average molecular weight is 200 g/mol. The second kappa shape index (κ2) is 4.00. The van der Waals surface area contributed by atoms with Gasteiger partial charge < -0.3 is 9.88 Å². The van der Waals surface area contributed by atoms with Gasteiger partial charge in [0.1, 0.15) is 0 Å². The Hall–Kier alpha value is -2.03. The van der Waals surface area contributed by atoms with Gasteiger partial charge in [-0.15, -0.1) is 0 Å². The van der Waals surface area contributed by atoms with Crippen LogP contribution in [0.1, 0.15) is 10.4 Å². The largest absolute Gasteiger partial charge is 0.355 e. The smallest absolute Gasteiger partial charge is 0.251 e. The van der Waals surface area contributed by atoms with Gasteiger partial charge in [0.15, 0.2) is 0 Å². The van der Waals surface area contributed by atoms with E-state index in [9.17, 15) is 4.79 Å². The number of amides is 1.